The highest BCUT2D eigenvalue weighted by molar-refractivity contribution is 5.79. The van der Waals surface area contributed by atoms with Crippen molar-refractivity contribution in [2.45, 2.75) is 44.9 Å². The van der Waals surface area contributed by atoms with Gasteiger partial charge in [-0.15, -0.1) is 0 Å². The van der Waals surface area contributed by atoms with Crippen LogP contribution in [0, 0.1) is 11.8 Å². The largest absolute Gasteiger partial charge is 0.356 e. The Morgan fingerprint density at radius 3 is 2.00 bits per heavy atom. The van der Waals surface area contributed by atoms with Crippen molar-refractivity contribution in [3.05, 3.63) is 70.8 Å². The molecule has 1 unspecified atom stereocenters. The van der Waals surface area contributed by atoms with E-state index in [1.165, 1.54) is 22.3 Å². The smallest absolute Gasteiger partial charge is 0.319 e. The Morgan fingerprint density at radius 1 is 0.909 bits per heavy atom. The molecule has 6 rings (SSSR count). The molecule has 0 spiro atoms. The molecule has 2 bridgehead atoms. The molecule has 3 amide bonds. The number of nitrogens with zero attached hydrogens (tertiary/aromatic N) is 2. The highest BCUT2D eigenvalue weighted by atomic mass is 16.2. The summed E-state index contributed by atoms with van der Waals surface area (Å²) in [6.07, 6.45) is 2.60. The molecule has 0 saturated carbocycles. The highest BCUT2D eigenvalue weighted by Gasteiger charge is 2.43. The number of piperidine rings is 1. The van der Waals surface area contributed by atoms with Gasteiger partial charge in [-0.2, -0.15) is 0 Å². The first-order chi connectivity index (χ1) is 16.1. The van der Waals surface area contributed by atoms with Gasteiger partial charge in [0.05, 0.1) is 0 Å². The second-order valence-electron chi connectivity index (χ2n) is 9.75. The van der Waals surface area contributed by atoms with Crippen molar-refractivity contribution >= 4 is 11.9 Å². The third kappa shape index (κ3) is 3.92. The van der Waals surface area contributed by atoms with Gasteiger partial charge in [0, 0.05) is 50.5 Å². The first-order valence-electron chi connectivity index (χ1n) is 12.6. The van der Waals surface area contributed by atoms with Crippen molar-refractivity contribution in [1.29, 1.82) is 0 Å². The van der Waals surface area contributed by atoms with E-state index in [1.807, 2.05) is 23.6 Å². The second kappa shape index (κ2) is 9.20. The van der Waals surface area contributed by atoms with Gasteiger partial charge in [0.25, 0.3) is 0 Å². The standard InChI is InChI=1S/C28H35N3O2/c1-3-30(4-2)28(33)31-15-13-19(14-16-31)27(32)29-18-20-17-25-21-9-5-7-11-23(21)26(20)24-12-8-6-10-22(24)25/h5-12,19-20,25-26H,3-4,13-18H2,1-2H3,(H,29,32). The van der Waals surface area contributed by atoms with E-state index < -0.39 is 0 Å². The molecule has 1 fully saturated rings. The molecule has 2 aromatic carbocycles. The van der Waals surface area contributed by atoms with E-state index in [9.17, 15) is 9.59 Å². The molecule has 1 aliphatic heterocycles. The fourth-order valence-electron chi connectivity index (χ4n) is 6.36. The maximum Gasteiger partial charge on any atom is 0.319 e. The number of likely N-dealkylation sites (tertiary alicyclic amines) is 1. The minimum Gasteiger partial charge on any atom is -0.356 e. The van der Waals surface area contributed by atoms with Gasteiger partial charge < -0.3 is 15.1 Å². The van der Waals surface area contributed by atoms with Crippen molar-refractivity contribution in [2.24, 2.45) is 11.8 Å². The normalized spacial score (nSPS) is 23.6. The minimum absolute atomic E-state index is 0.00565. The van der Waals surface area contributed by atoms with Crippen molar-refractivity contribution in [3.63, 3.8) is 0 Å². The molecule has 1 atom stereocenters. The molecule has 1 heterocycles. The van der Waals surface area contributed by atoms with E-state index in [0.717, 1.165) is 38.9 Å². The van der Waals surface area contributed by atoms with Crippen LogP contribution in [-0.2, 0) is 4.79 Å². The molecule has 0 aromatic heterocycles. The molecule has 1 N–H and O–H groups in total. The molecular weight excluding hydrogens is 410 g/mol. The Bertz CT molecular complexity index is 976. The number of carbonyl (C=O) groups is 2. The fraction of sp³-hybridized carbons (Fsp3) is 0.500. The van der Waals surface area contributed by atoms with Gasteiger partial charge in [-0.3, -0.25) is 4.79 Å². The lowest BCUT2D eigenvalue weighted by Gasteiger charge is -2.45. The van der Waals surface area contributed by atoms with E-state index in [1.54, 1.807) is 0 Å². The quantitative estimate of drug-likeness (QED) is 0.733. The van der Waals surface area contributed by atoms with Crippen molar-refractivity contribution in [3.8, 4) is 0 Å². The predicted molar refractivity (Wildman–Crippen MR) is 130 cm³/mol. The maximum atomic E-state index is 13.0. The van der Waals surface area contributed by atoms with Gasteiger partial charge in [0.15, 0.2) is 0 Å². The van der Waals surface area contributed by atoms with Crippen LogP contribution in [0.25, 0.3) is 0 Å². The number of nitrogens with one attached hydrogen (secondary N) is 1. The molecule has 0 radical (unpaired) electrons. The van der Waals surface area contributed by atoms with Crippen LogP contribution in [0.1, 0.15) is 67.2 Å². The van der Waals surface area contributed by atoms with Crippen LogP contribution in [0.3, 0.4) is 0 Å². The van der Waals surface area contributed by atoms with Gasteiger partial charge in [-0.1, -0.05) is 48.5 Å². The summed E-state index contributed by atoms with van der Waals surface area (Å²) in [5, 5.41) is 3.30. The Labute approximate surface area is 197 Å². The van der Waals surface area contributed by atoms with Crippen molar-refractivity contribution < 1.29 is 9.59 Å². The third-order valence-corrected chi connectivity index (χ3v) is 8.13. The maximum absolute atomic E-state index is 13.0. The number of rotatable bonds is 5. The van der Waals surface area contributed by atoms with Crippen LogP contribution >= 0.6 is 0 Å². The van der Waals surface area contributed by atoms with E-state index in [4.69, 9.17) is 0 Å². The van der Waals surface area contributed by atoms with Crippen molar-refractivity contribution in [2.75, 3.05) is 32.7 Å². The highest BCUT2D eigenvalue weighted by Crippen LogP contribution is 2.55. The van der Waals surface area contributed by atoms with E-state index in [2.05, 4.69) is 53.8 Å². The van der Waals surface area contributed by atoms with Crippen LogP contribution in [0.2, 0.25) is 0 Å². The Morgan fingerprint density at radius 2 is 1.45 bits per heavy atom. The molecule has 174 valence electrons. The van der Waals surface area contributed by atoms with Gasteiger partial charge in [-0.25, -0.2) is 4.79 Å². The molecule has 3 aliphatic carbocycles. The molecular formula is C28H35N3O2. The van der Waals surface area contributed by atoms with Gasteiger partial charge in [0.2, 0.25) is 5.91 Å². The predicted octanol–water partition coefficient (Wildman–Crippen LogP) is 4.57. The van der Waals surface area contributed by atoms with E-state index in [0.29, 0.717) is 30.8 Å². The Balaban J connectivity index is 1.22. The lowest BCUT2D eigenvalue weighted by Crippen LogP contribution is -2.49. The summed E-state index contributed by atoms with van der Waals surface area (Å²) in [4.78, 5) is 29.4. The number of hydrogen-bond acceptors (Lipinski definition) is 2. The zero-order chi connectivity index (χ0) is 22.9. The SMILES string of the molecule is CCN(CC)C(=O)N1CCC(C(=O)NCC2CC3c4ccccc4C2c2ccccc23)CC1. The molecule has 1 saturated heterocycles. The van der Waals surface area contributed by atoms with Crippen LogP contribution in [0.4, 0.5) is 4.79 Å². The Hall–Kier alpha value is -2.82. The van der Waals surface area contributed by atoms with Crippen LogP contribution in [0.15, 0.2) is 48.5 Å². The molecule has 4 aliphatic rings. The monoisotopic (exact) mass is 445 g/mol. The van der Waals surface area contributed by atoms with Crippen LogP contribution in [-0.4, -0.2) is 54.5 Å². The van der Waals surface area contributed by atoms with Gasteiger partial charge >= 0.3 is 6.03 Å². The first kappa shape index (κ1) is 22.0. The molecule has 33 heavy (non-hydrogen) atoms. The summed E-state index contributed by atoms with van der Waals surface area (Å²) in [6.45, 7) is 7.54. The number of amides is 3. The summed E-state index contributed by atoms with van der Waals surface area (Å²) in [5.74, 6) is 1.38. The zero-order valence-electron chi connectivity index (χ0n) is 19.8. The summed E-state index contributed by atoms with van der Waals surface area (Å²) < 4.78 is 0. The summed E-state index contributed by atoms with van der Waals surface area (Å²) in [6, 6.07) is 17.8. The number of urea groups is 1. The molecule has 5 nitrogen and oxygen atoms in total. The Kier molecular flexibility index (Phi) is 6.13. The number of benzene rings is 2. The average Bonchev–Trinajstić information content (AvgIpc) is 2.88. The lowest BCUT2D eigenvalue weighted by molar-refractivity contribution is -0.126. The van der Waals surface area contributed by atoms with E-state index in [-0.39, 0.29) is 17.9 Å². The van der Waals surface area contributed by atoms with Crippen LogP contribution < -0.4 is 5.32 Å². The molecule has 2 aromatic rings. The summed E-state index contributed by atoms with van der Waals surface area (Å²) in [7, 11) is 0. The van der Waals surface area contributed by atoms with E-state index >= 15 is 0 Å². The van der Waals surface area contributed by atoms with Gasteiger partial charge in [-0.05, 0) is 61.3 Å². The summed E-state index contributed by atoms with van der Waals surface area (Å²) >= 11 is 0. The zero-order valence-corrected chi connectivity index (χ0v) is 19.8. The fourth-order valence-corrected chi connectivity index (χ4v) is 6.36. The van der Waals surface area contributed by atoms with Crippen molar-refractivity contribution in [1.82, 2.24) is 15.1 Å². The number of fused-ring (bicyclic) bond motifs is 1. The minimum atomic E-state index is 0.00565. The number of carbonyl (C=O) groups excluding carboxylic acids is 2. The number of hydrogen-bond donors (Lipinski definition) is 1. The first-order valence-corrected chi connectivity index (χ1v) is 12.6. The topological polar surface area (TPSA) is 52.7 Å². The average molecular weight is 446 g/mol. The summed E-state index contributed by atoms with van der Waals surface area (Å²) in [5.41, 5.74) is 5.81. The third-order valence-electron chi connectivity index (χ3n) is 8.13. The molecule has 5 heteroatoms. The van der Waals surface area contributed by atoms with Gasteiger partial charge in [0.1, 0.15) is 0 Å². The lowest BCUT2D eigenvalue weighted by atomic mass is 9.59. The van der Waals surface area contributed by atoms with Crippen LogP contribution in [0.5, 0.6) is 0 Å². The second-order valence-corrected chi connectivity index (χ2v) is 9.75.